The smallest absolute Gasteiger partial charge is 0.416 e. The van der Waals surface area contributed by atoms with Crippen molar-refractivity contribution < 1.29 is 32.2 Å². The molecule has 0 N–H and O–H groups in total. The standard InChI is InChI=1S/C29H24F3N3O5/c1-39-23-10-7-17(15-24(23)40-2)11-13-34-25(12-14-35-26(36)19-5-3-4-6-20(19)27(35)37)33-22-16-18(29(30,31)32)8-9-21(22)28(34)38/h3-10,15-16H,11-14H2,1-2H3. The summed E-state index contributed by atoms with van der Waals surface area (Å²) in [6, 6.07) is 14.5. The van der Waals surface area contributed by atoms with Crippen LogP contribution in [0.15, 0.2) is 65.5 Å². The average Bonchev–Trinajstić information content (AvgIpc) is 3.19. The van der Waals surface area contributed by atoms with Gasteiger partial charge in [-0.2, -0.15) is 13.2 Å². The molecular formula is C29H24F3N3O5. The fraction of sp³-hybridized carbons (Fsp3) is 0.241. The number of hydrogen-bond acceptors (Lipinski definition) is 6. The average molecular weight is 552 g/mol. The van der Waals surface area contributed by atoms with E-state index in [1.165, 1.54) is 18.8 Å². The molecule has 4 aromatic rings. The number of ether oxygens (including phenoxy) is 2. The first-order valence-electron chi connectivity index (χ1n) is 12.4. The van der Waals surface area contributed by atoms with Crippen LogP contribution in [0.3, 0.4) is 0 Å². The molecule has 1 aliphatic rings. The van der Waals surface area contributed by atoms with Gasteiger partial charge < -0.3 is 9.47 Å². The van der Waals surface area contributed by atoms with Crippen LogP contribution in [0.1, 0.15) is 37.7 Å². The number of aryl methyl sites for hydroxylation is 1. The van der Waals surface area contributed by atoms with Crippen molar-refractivity contribution in [3.05, 3.63) is 99.1 Å². The predicted molar refractivity (Wildman–Crippen MR) is 140 cm³/mol. The fourth-order valence-electron chi connectivity index (χ4n) is 4.80. The number of amides is 2. The second-order valence-corrected chi connectivity index (χ2v) is 9.21. The van der Waals surface area contributed by atoms with Crippen molar-refractivity contribution in [2.45, 2.75) is 25.6 Å². The van der Waals surface area contributed by atoms with Crippen LogP contribution in [0.5, 0.6) is 11.5 Å². The SMILES string of the molecule is COc1ccc(CCn2c(CCN3C(=O)c4ccccc4C3=O)nc3cc(C(F)(F)F)ccc3c2=O)cc1OC. The van der Waals surface area contributed by atoms with Crippen LogP contribution < -0.4 is 15.0 Å². The molecule has 11 heteroatoms. The molecule has 0 radical (unpaired) electrons. The van der Waals surface area contributed by atoms with E-state index in [0.29, 0.717) is 17.9 Å². The Balaban J connectivity index is 1.50. The van der Waals surface area contributed by atoms with Crippen molar-refractivity contribution in [2.24, 2.45) is 0 Å². The molecule has 0 bridgehead atoms. The van der Waals surface area contributed by atoms with Gasteiger partial charge in [0.2, 0.25) is 0 Å². The number of methoxy groups -OCH3 is 2. The van der Waals surface area contributed by atoms with Gasteiger partial charge in [-0.05, 0) is 54.4 Å². The predicted octanol–water partition coefficient (Wildman–Crippen LogP) is 4.51. The Morgan fingerprint density at radius 3 is 2.10 bits per heavy atom. The van der Waals surface area contributed by atoms with Crippen LogP contribution in [0, 0.1) is 0 Å². The number of carbonyl (C=O) groups excluding carboxylic acids is 2. The number of hydrogen-bond donors (Lipinski definition) is 0. The van der Waals surface area contributed by atoms with Crippen LogP contribution >= 0.6 is 0 Å². The zero-order valence-electron chi connectivity index (χ0n) is 21.6. The van der Waals surface area contributed by atoms with Gasteiger partial charge in [-0.3, -0.25) is 23.9 Å². The minimum atomic E-state index is -4.61. The van der Waals surface area contributed by atoms with Gasteiger partial charge in [-0.25, -0.2) is 4.98 Å². The first-order valence-corrected chi connectivity index (χ1v) is 12.4. The lowest BCUT2D eigenvalue weighted by Gasteiger charge is -2.18. The Labute approximate surface area is 226 Å². The highest BCUT2D eigenvalue weighted by molar-refractivity contribution is 6.21. The second-order valence-electron chi connectivity index (χ2n) is 9.21. The van der Waals surface area contributed by atoms with E-state index in [4.69, 9.17) is 9.47 Å². The van der Waals surface area contributed by atoms with Crippen LogP contribution in [0.25, 0.3) is 10.9 Å². The quantitative estimate of drug-likeness (QED) is 0.299. The summed E-state index contributed by atoms with van der Waals surface area (Å²) in [5.41, 5.74) is -0.181. The third kappa shape index (κ3) is 4.90. The molecule has 206 valence electrons. The van der Waals surface area contributed by atoms with Crippen molar-refractivity contribution in [1.82, 2.24) is 14.5 Å². The lowest BCUT2D eigenvalue weighted by molar-refractivity contribution is -0.137. The Morgan fingerprint density at radius 1 is 0.800 bits per heavy atom. The number of rotatable bonds is 8. The van der Waals surface area contributed by atoms with Crippen molar-refractivity contribution in [1.29, 1.82) is 0 Å². The third-order valence-electron chi connectivity index (χ3n) is 6.87. The molecule has 0 spiro atoms. The number of halogens is 3. The number of carbonyl (C=O) groups is 2. The maximum atomic E-state index is 13.5. The summed E-state index contributed by atoms with van der Waals surface area (Å²) in [7, 11) is 3.02. The number of nitrogens with zero attached hydrogens (tertiary/aromatic N) is 3. The highest BCUT2D eigenvalue weighted by atomic mass is 19.4. The summed E-state index contributed by atoms with van der Waals surface area (Å²) < 4.78 is 52.1. The Hall–Kier alpha value is -4.67. The van der Waals surface area contributed by atoms with Crippen molar-refractivity contribution in [3.8, 4) is 11.5 Å². The van der Waals surface area contributed by atoms with Gasteiger partial charge in [0.05, 0.1) is 41.8 Å². The van der Waals surface area contributed by atoms with E-state index in [-0.39, 0.29) is 47.4 Å². The van der Waals surface area contributed by atoms with Crippen LogP contribution in [0.4, 0.5) is 13.2 Å². The van der Waals surface area contributed by atoms with Crippen molar-refractivity contribution in [3.63, 3.8) is 0 Å². The lowest BCUT2D eigenvalue weighted by Crippen LogP contribution is -2.34. The first-order chi connectivity index (χ1) is 19.1. The molecule has 5 rings (SSSR count). The molecule has 0 aliphatic carbocycles. The molecular weight excluding hydrogens is 527 g/mol. The normalized spacial score (nSPS) is 13.2. The van der Waals surface area contributed by atoms with Gasteiger partial charge in [-0.15, -0.1) is 0 Å². The zero-order chi connectivity index (χ0) is 28.6. The molecule has 2 heterocycles. The minimum absolute atomic E-state index is 0.0289. The molecule has 1 aromatic heterocycles. The van der Waals surface area contributed by atoms with Gasteiger partial charge in [0.15, 0.2) is 11.5 Å². The summed E-state index contributed by atoms with van der Waals surface area (Å²) in [6.07, 6.45) is -4.27. The van der Waals surface area contributed by atoms with Crippen LogP contribution in [-0.2, 0) is 25.6 Å². The number of fused-ring (bicyclic) bond motifs is 2. The molecule has 0 fully saturated rings. The summed E-state index contributed by atoms with van der Waals surface area (Å²) in [5, 5.41) is 0.0322. The van der Waals surface area contributed by atoms with E-state index >= 15 is 0 Å². The summed E-state index contributed by atoms with van der Waals surface area (Å²) in [4.78, 5) is 44.7. The number of benzene rings is 3. The molecule has 0 atom stereocenters. The topological polar surface area (TPSA) is 90.7 Å². The van der Waals surface area contributed by atoms with Crippen molar-refractivity contribution in [2.75, 3.05) is 20.8 Å². The van der Waals surface area contributed by atoms with Gasteiger partial charge in [0.25, 0.3) is 17.4 Å². The molecule has 40 heavy (non-hydrogen) atoms. The lowest BCUT2D eigenvalue weighted by atomic mass is 10.1. The summed E-state index contributed by atoms with van der Waals surface area (Å²) in [5.74, 6) is 0.265. The summed E-state index contributed by atoms with van der Waals surface area (Å²) >= 11 is 0. The van der Waals surface area contributed by atoms with E-state index in [1.807, 2.05) is 6.07 Å². The van der Waals surface area contributed by atoms with Crippen LogP contribution in [0.2, 0.25) is 0 Å². The molecule has 2 amide bonds. The van der Waals surface area contributed by atoms with E-state index in [2.05, 4.69) is 4.98 Å². The summed E-state index contributed by atoms with van der Waals surface area (Å²) in [6.45, 7) is 0.0509. The van der Waals surface area contributed by atoms with Gasteiger partial charge in [-0.1, -0.05) is 18.2 Å². The molecule has 0 saturated carbocycles. The van der Waals surface area contributed by atoms with E-state index in [1.54, 1.807) is 36.4 Å². The van der Waals surface area contributed by atoms with E-state index in [0.717, 1.165) is 28.7 Å². The minimum Gasteiger partial charge on any atom is -0.493 e. The Morgan fingerprint density at radius 2 is 1.48 bits per heavy atom. The van der Waals surface area contributed by atoms with E-state index in [9.17, 15) is 27.6 Å². The monoisotopic (exact) mass is 551 g/mol. The Kier molecular flexibility index (Phi) is 7.05. The number of imide groups is 1. The molecule has 3 aromatic carbocycles. The molecule has 0 unspecified atom stereocenters. The zero-order valence-corrected chi connectivity index (χ0v) is 21.6. The van der Waals surface area contributed by atoms with Gasteiger partial charge >= 0.3 is 6.18 Å². The number of alkyl halides is 3. The molecule has 1 aliphatic heterocycles. The maximum Gasteiger partial charge on any atom is 0.416 e. The fourth-order valence-corrected chi connectivity index (χ4v) is 4.80. The molecule has 0 saturated heterocycles. The van der Waals surface area contributed by atoms with Crippen LogP contribution in [-0.4, -0.2) is 47.0 Å². The second kappa shape index (κ2) is 10.5. The largest absolute Gasteiger partial charge is 0.493 e. The highest BCUT2D eigenvalue weighted by Crippen LogP contribution is 2.31. The number of aromatic nitrogens is 2. The van der Waals surface area contributed by atoms with E-state index < -0.39 is 29.1 Å². The Bertz CT molecular complexity index is 1660. The molecule has 8 nitrogen and oxygen atoms in total. The van der Waals surface area contributed by atoms with Gasteiger partial charge in [0, 0.05) is 19.5 Å². The first kappa shape index (κ1) is 26.9. The maximum absolute atomic E-state index is 13.5. The highest BCUT2D eigenvalue weighted by Gasteiger charge is 2.35. The van der Waals surface area contributed by atoms with Gasteiger partial charge in [0.1, 0.15) is 5.82 Å². The third-order valence-corrected chi connectivity index (χ3v) is 6.87. The van der Waals surface area contributed by atoms with Crippen molar-refractivity contribution >= 4 is 22.7 Å².